The summed E-state index contributed by atoms with van der Waals surface area (Å²) >= 11 is 1.64. The highest BCUT2D eigenvalue weighted by molar-refractivity contribution is 7.17. The summed E-state index contributed by atoms with van der Waals surface area (Å²) in [5.74, 6) is 1.02. The van der Waals surface area contributed by atoms with Crippen molar-refractivity contribution in [2.75, 3.05) is 5.32 Å². The molecule has 3 heterocycles. The highest BCUT2D eigenvalue weighted by Crippen LogP contribution is 2.31. The fourth-order valence-electron chi connectivity index (χ4n) is 3.97. The predicted molar refractivity (Wildman–Crippen MR) is 121 cm³/mol. The van der Waals surface area contributed by atoms with E-state index in [-0.39, 0.29) is 18.0 Å². The molecule has 1 fully saturated rings. The molecule has 0 radical (unpaired) electrons. The number of Topliss-reactive ketones (excluding diaryl/α,β-unsaturated/α-hetero) is 1. The van der Waals surface area contributed by atoms with E-state index in [1.165, 1.54) is 37.1 Å². The second-order valence-electron chi connectivity index (χ2n) is 7.80. The number of nitrogens with one attached hydrogen (secondary N) is 1. The van der Waals surface area contributed by atoms with Crippen LogP contribution in [0, 0.1) is 5.82 Å². The number of nitrogens with zero attached hydrogens (tertiary/aromatic N) is 3. The summed E-state index contributed by atoms with van der Waals surface area (Å²) in [4.78, 5) is 26.5. The molecule has 0 aliphatic heterocycles. The van der Waals surface area contributed by atoms with Crippen molar-refractivity contribution in [1.82, 2.24) is 15.0 Å². The lowest BCUT2D eigenvalue weighted by atomic mass is 10.1. The largest absolute Gasteiger partial charge is 0.366 e. The van der Waals surface area contributed by atoms with Gasteiger partial charge in [-0.1, -0.05) is 12.8 Å². The van der Waals surface area contributed by atoms with E-state index in [1.807, 2.05) is 23.6 Å². The van der Waals surface area contributed by atoms with E-state index >= 15 is 0 Å². The third-order valence-corrected chi connectivity index (χ3v) is 6.49. The molecule has 7 heteroatoms. The van der Waals surface area contributed by atoms with Gasteiger partial charge in [-0.3, -0.25) is 9.78 Å². The van der Waals surface area contributed by atoms with Crippen molar-refractivity contribution in [3.8, 4) is 11.4 Å². The van der Waals surface area contributed by atoms with Crippen LogP contribution in [0.15, 0.2) is 54.0 Å². The SMILES string of the molecule is O=C(Cc1cc(-c2nc(NC3CCCC3)c3sccc3n2)ccn1)c1ccc(F)cc1. The van der Waals surface area contributed by atoms with Crippen LogP contribution in [-0.4, -0.2) is 26.8 Å². The van der Waals surface area contributed by atoms with Crippen LogP contribution in [0.2, 0.25) is 0 Å². The molecular weight excluding hydrogens is 411 g/mol. The summed E-state index contributed by atoms with van der Waals surface area (Å²) in [5, 5.41) is 5.64. The van der Waals surface area contributed by atoms with Crippen molar-refractivity contribution in [1.29, 1.82) is 0 Å². The predicted octanol–water partition coefficient (Wildman–Crippen LogP) is 5.67. The summed E-state index contributed by atoms with van der Waals surface area (Å²) in [7, 11) is 0. The molecule has 0 amide bonds. The maximum Gasteiger partial charge on any atom is 0.168 e. The van der Waals surface area contributed by atoms with Crippen molar-refractivity contribution in [3.63, 3.8) is 0 Å². The number of aromatic nitrogens is 3. The molecule has 4 aromatic rings. The zero-order valence-corrected chi connectivity index (χ0v) is 17.7. The number of benzene rings is 1. The Labute approximate surface area is 183 Å². The number of rotatable bonds is 6. The molecule has 0 atom stereocenters. The molecule has 1 aromatic carbocycles. The lowest BCUT2D eigenvalue weighted by molar-refractivity contribution is 0.0992. The monoisotopic (exact) mass is 432 g/mol. The molecule has 1 N–H and O–H groups in total. The molecule has 0 unspecified atom stereocenters. The summed E-state index contributed by atoms with van der Waals surface area (Å²) in [6.07, 6.45) is 6.63. The molecule has 31 heavy (non-hydrogen) atoms. The molecule has 156 valence electrons. The zero-order chi connectivity index (χ0) is 21.2. The normalized spacial score (nSPS) is 14.2. The summed E-state index contributed by atoms with van der Waals surface area (Å²) in [6.45, 7) is 0. The molecular formula is C24H21FN4OS. The smallest absolute Gasteiger partial charge is 0.168 e. The van der Waals surface area contributed by atoms with Gasteiger partial charge in [0.2, 0.25) is 0 Å². The molecule has 5 rings (SSSR count). The van der Waals surface area contributed by atoms with E-state index in [4.69, 9.17) is 9.97 Å². The van der Waals surface area contributed by atoms with Gasteiger partial charge in [-0.25, -0.2) is 14.4 Å². The fraction of sp³-hybridized carbons (Fsp3) is 0.250. The molecule has 1 saturated carbocycles. The molecule has 0 spiro atoms. The van der Waals surface area contributed by atoms with Crippen molar-refractivity contribution in [3.05, 3.63) is 71.1 Å². The van der Waals surface area contributed by atoms with Gasteiger partial charge in [-0.2, -0.15) is 0 Å². The van der Waals surface area contributed by atoms with Crippen LogP contribution in [0.5, 0.6) is 0 Å². The highest BCUT2D eigenvalue weighted by Gasteiger charge is 2.18. The molecule has 1 aliphatic rings. The third-order valence-electron chi connectivity index (χ3n) is 5.58. The van der Waals surface area contributed by atoms with Crippen molar-refractivity contribution in [2.24, 2.45) is 0 Å². The Morgan fingerprint density at radius 2 is 1.90 bits per heavy atom. The Morgan fingerprint density at radius 3 is 2.71 bits per heavy atom. The van der Waals surface area contributed by atoms with Gasteiger partial charge in [0.1, 0.15) is 11.6 Å². The van der Waals surface area contributed by atoms with E-state index in [9.17, 15) is 9.18 Å². The van der Waals surface area contributed by atoms with Gasteiger partial charge in [0, 0.05) is 29.1 Å². The van der Waals surface area contributed by atoms with Gasteiger partial charge >= 0.3 is 0 Å². The minimum atomic E-state index is -0.361. The Bertz CT molecular complexity index is 1230. The first-order valence-corrected chi connectivity index (χ1v) is 11.3. The van der Waals surface area contributed by atoms with E-state index in [1.54, 1.807) is 17.5 Å². The van der Waals surface area contributed by atoms with Crippen LogP contribution >= 0.6 is 11.3 Å². The van der Waals surface area contributed by atoms with Crippen LogP contribution in [0.4, 0.5) is 10.2 Å². The highest BCUT2D eigenvalue weighted by atomic mass is 32.1. The number of fused-ring (bicyclic) bond motifs is 1. The minimum absolute atomic E-state index is 0.109. The van der Waals surface area contributed by atoms with Crippen LogP contribution in [0.3, 0.4) is 0 Å². The summed E-state index contributed by atoms with van der Waals surface area (Å²) < 4.78 is 14.2. The number of halogens is 1. The van der Waals surface area contributed by atoms with Gasteiger partial charge in [-0.15, -0.1) is 11.3 Å². The summed E-state index contributed by atoms with van der Waals surface area (Å²) in [5.41, 5.74) is 2.83. The molecule has 5 nitrogen and oxygen atoms in total. The Balaban J connectivity index is 1.43. The van der Waals surface area contributed by atoms with Crippen molar-refractivity contribution >= 4 is 33.2 Å². The quantitative estimate of drug-likeness (QED) is 0.398. The van der Waals surface area contributed by atoms with E-state index < -0.39 is 0 Å². The number of carbonyl (C=O) groups is 1. The van der Waals surface area contributed by atoms with E-state index in [0.717, 1.165) is 34.4 Å². The van der Waals surface area contributed by atoms with E-state index in [0.29, 0.717) is 23.1 Å². The van der Waals surface area contributed by atoms with Gasteiger partial charge in [0.05, 0.1) is 16.6 Å². The fourth-order valence-corrected chi connectivity index (χ4v) is 4.75. The van der Waals surface area contributed by atoms with Crippen LogP contribution in [0.1, 0.15) is 41.7 Å². The zero-order valence-electron chi connectivity index (χ0n) is 16.8. The van der Waals surface area contributed by atoms with Gasteiger partial charge in [-0.05, 0) is 60.7 Å². The Morgan fingerprint density at radius 1 is 1.10 bits per heavy atom. The number of thiophene rings is 1. The molecule has 0 saturated heterocycles. The Kier molecular flexibility index (Phi) is 5.42. The second-order valence-corrected chi connectivity index (χ2v) is 8.72. The number of ketones is 1. The van der Waals surface area contributed by atoms with Crippen LogP contribution in [0.25, 0.3) is 21.6 Å². The first-order chi connectivity index (χ1) is 15.2. The number of anilines is 1. The maximum atomic E-state index is 13.1. The van der Waals surface area contributed by atoms with Crippen LogP contribution < -0.4 is 5.32 Å². The third kappa shape index (κ3) is 4.32. The second kappa shape index (κ2) is 8.51. The lowest BCUT2D eigenvalue weighted by Crippen LogP contribution is -2.16. The number of carbonyl (C=O) groups excluding carboxylic acids is 1. The standard InChI is InChI=1S/C24H21FN4OS/c25-17-7-5-15(6-8-17)21(30)14-19-13-16(9-11-26-19)23-28-20-10-12-31-22(20)24(29-23)27-18-3-1-2-4-18/h5-13,18H,1-4,14H2,(H,27,28,29). The first kappa shape index (κ1) is 19.8. The average Bonchev–Trinajstić information content (AvgIpc) is 3.46. The van der Waals surface area contributed by atoms with Gasteiger partial charge in [0.15, 0.2) is 11.6 Å². The van der Waals surface area contributed by atoms with E-state index in [2.05, 4.69) is 10.3 Å². The summed E-state index contributed by atoms with van der Waals surface area (Å²) in [6, 6.07) is 11.7. The minimum Gasteiger partial charge on any atom is -0.366 e. The van der Waals surface area contributed by atoms with Gasteiger partial charge < -0.3 is 5.32 Å². The number of pyridine rings is 1. The lowest BCUT2D eigenvalue weighted by Gasteiger charge is -2.14. The topological polar surface area (TPSA) is 67.8 Å². The van der Waals surface area contributed by atoms with Crippen LogP contribution in [-0.2, 0) is 6.42 Å². The molecule has 1 aliphatic carbocycles. The van der Waals surface area contributed by atoms with Crippen molar-refractivity contribution in [2.45, 2.75) is 38.1 Å². The van der Waals surface area contributed by atoms with Gasteiger partial charge in [0.25, 0.3) is 0 Å². The molecule has 3 aromatic heterocycles. The first-order valence-electron chi connectivity index (χ1n) is 10.4. The maximum absolute atomic E-state index is 13.1. The van der Waals surface area contributed by atoms with Crippen molar-refractivity contribution < 1.29 is 9.18 Å². The molecule has 0 bridgehead atoms. The number of hydrogen-bond acceptors (Lipinski definition) is 6. The average molecular weight is 433 g/mol. The Hall–Kier alpha value is -3.19. The number of hydrogen-bond donors (Lipinski definition) is 1.